The van der Waals surface area contributed by atoms with Crippen molar-refractivity contribution in [2.24, 2.45) is 0 Å². The molecule has 6 nitrogen and oxygen atoms in total. The van der Waals surface area contributed by atoms with Crippen molar-refractivity contribution in [2.75, 3.05) is 44.1 Å². The molecule has 1 amide bonds. The van der Waals surface area contributed by atoms with E-state index in [9.17, 15) is 17.6 Å². The van der Waals surface area contributed by atoms with Gasteiger partial charge in [0.2, 0.25) is 5.91 Å². The summed E-state index contributed by atoms with van der Waals surface area (Å²) in [5.41, 5.74) is -0.135. The smallest absolute Gasteiger partial charge is 0.264 e. The van der Waals surface area contributed by atoms with Crippen LogP contribution in [0.3, 0.4) is 0 Å². The number of benzene rings is 2. The van der Waals surface area contributed by atoms with Crippen molar-refractivity contribution in [1.82, 2.24) is 9.80 Å². The number of amides is 1. The second-order valence-electron chi connectivity index (χ2n) is 6.46. The molecule has 2 aromatic rings. The van der Waals surface area contributed by atoms with Crippen LogP contribution in [-0.2, 0) is 14.8 Å². The number of carbonyl (C=O) groups is 1. The Bertz CT molecular complexity index is 897. The zero-order valence-electron chi connectivity index (χ0n) is 15.1. The first kappa shape index (κ1) is 19.3. The van der Waals surface area contributed by atoms with Crippen LogP contribution in [0.15, 0.2) is 59.5 Å². The van der Waals surface area contributed by atoms with E-state index in [1.807, 2.05) is 7.05 Å². The van der Waals surface area contributed by atoms with E-state index < -0.39 is 22.4 Å². The Morgan fingerprint density at radius 1 is 1.00 bits per heavy atom. The summed E-state index contributed by atoms with van der Waals surface area (Å²) < 4.78 is 41.5. The average Bonchev–Trinajstić information content (AvgIpc) is 2.68. The highest BCUT2D eigenvalue weighted by Gasteiger charge is 2.31. The first-order valence-corrected chi connectivity index (χ1v) is 10.1. The number of halogens is 1. The van der Waals surface area contributed by atoms with Crippen molar-refractivity contribution in [3.8, 4) is 0 Å². The van der Waals surface area contributed by atoms with Crippen LogP contribution in [0.25, 0.3) is 0 Å². The predicted octanol–water partition coefficient (Wildman–Crippen LogP) is 1.79. The zero-order valence-corrected chi connectivity index (χ0v) is 15.9. The largest absolute Gasteiger partial charge is 0.339 e. The topological polar surface area (TPSA) is 60.9 Å². The summed E-state index contributed by atoms with van der Waals surface area (Å²) >= 11 is 0. The third kappa shape index (κ3) is 4.28. The second-order valence-corrected chi connectivity index (χ2v) is 8.32. The fourth-order valence-electron chi connectivity index (χ4n) is 2.95. The van der Waals surface area contributed by atoms with Crippen LogP contribution in [-0.4, -0.2) is 63.9 Å². The van der Waals surface area contributed by atoms with Crippen LogP contribution in [0.5, 0.6) is 0 Å². The number of para-hydroxylation sites is 1. The normalized spacial score (nSPS) is 15.6. The molecule has 8 heteroatoms. The van der Waals surface area contributed by atoms with Crippen molar-refractivity contribution in [3.05, 3.63) is 60.4 Å². The highest BCUT2D eigenvalue weighted by molar-refractivity contribution is 7.92. The zero-order chi connectivity index (χ0) is 19.4. The first-order valence-electron chi connectivity index (χ1n) is 8.68. The van der Waals surface area contributed by atoms with E-state index in [0.29, 0.717) is 13.1 Å². The number of hydrogen-bond acceptors (Lipinski definition) is 4. The Labute approximate surface area is 158 Å². The fraction of sp³-hybridized carbons (Fsp3) is 0.316. The van der Waals surface area contributed by atoms with Crippen LogP contribution in [0.2, 0.25) is 0 Å². The summed E-state index contributed by atoms with van der Waals surface area (Å²) in [6.07, 6.45) is 0. The summed E-state index contributed by atoms with van der Waals surface area (Å²) in [6, 6.07) is 13.3. The van der Waals surface area contributed by atoms with Crippen LogP contribution in [0.1, 0.15) is 0 Å². The molecule has 1 aliphatic heterocycles. The molecule has 0 spiro atoms. The standard InChI is InChI=1S/C19H22FN3O3S/c1-21-11-13-22(14-12-21)19(24)15-23(18-10-6-5-9-17(18)20)27(25,26)16-7-3-2-4-8-16/h2-10H,11-15H2,1H3. The Morgan fingerprint density at radius 2 is 1.59 bits per heavy atom. The minimum absolute atomic E-state index is 0.0134. The molecule has 3 rings (SSSR count). The molecular formula is C19H22FN3O3S. The van der Waals surface area contributed by atoms with E-state index >= 15 is 0 Å². The van der Waals surface area contributed by atoms with Gasteiger partial charge in [-0.05, 0) is 31.3 Å². The van der Waals surface area contributed by atoms with Gasteiger partial charge in [0.25, 0.3) is 10.0 Å². The van der Waals surface area contributed by atoms with E-state index in [1.54, 1.807) is 29.2 Å². The van der Waals surface area contributed by atoms with Crippen LogP contribution in [0.4, 0.5) is 10.1 Å². The molecule has 0 radical (unpaired) electrons. The van der Waals surface area contributed by atoms with Gasteiger partial charge in [0, 0.05) is 26.2 Å². The molecule has 0 aromatic heterocycles. The number of rotatable bonds is 5. The molecule has 0 unspecified atom stereocenters. The summed E-state index contributed by atoms with van der Waals surface area (Å²) in [5, 5.41) is 0. The maximum absolute atomic E-state index is 14.4. The van der Waals surface area contributed by atoms with Gasteiger partial charge in [-0.3, -0.25) is 9.10 Å². The second kappa shape index (κ2) is 8.06. The lowest BCUT2D eigenvalue weighted by molar-refractivity contribution is -0.131. The van der Waals surface area contributed by atoms with E-state index in [4.69, 9.17) is 0 Å². The van der Waals surface area contributed by atoms with E-state index in [1.165, 1.54) is 30.3 Å². The lowest BCUT2D eigenvalue weighted by Crippen LogP contribution is -2.51. The molecule has 144 valence electrons. The summed E-state index contributed by atoms with van der Waals surface area (Å²) in [4.78, 5) is 16.5. The van der Waals surface area contributed by atoms with Crippen molar-refractivity contribution in [1.29, 1.82) is 0 Å². The molecule has 0 saturated carbocycles. The number of sulfonamides is 1. The molecular weight excluding hydrogens is 369 g/mol. The monoisotopic (exact) mass is 391 g/mol. The molecule has 0 atom stereocenters. The van der Waals surface area contributed by atoms with Crippen molar-refractivity contribution >= 4 is 21.6 Å². The number of hydrogen-bond donors (Lipinski definition) is 0. The van der Waals surface area contributed by atoms with Crippen LogP contribution < -0.4 is 4.31 Å². The first-order chi connectivity index (χ1) is 12.9. The molecule has 0 bridgehead atoms. The van der Waals surface area contributed by atoms with Crippen molar-refractivity contribution < 1.29 is 17.6 Å². The Hall–Kier alpha value is -2.45. The average molecular weight is 391 g/mol. The van der Waals surface area contributed by atoms with Gasteiger partial charge >= 0.3 is 0 Å². The summed E-state index contributed by atoms with van der Waals surface area (Å²) in [5.74, 6) is -1.03. The van der Waals surface area contributed by atoms with Gasteiger partial charge in [0.05, 0.1) is 10.6 Å². The SMILES string of the molecule is CN1CCN(C(=O)CN(c2ccccc2F)S(=O)(=O)c2ccccc2)CC1. The van der Waals surface area contributed by atoms with E-state index in [-0.39, 0.29) is 16.5 Å². The molecule has 1 fully saturated rings. The molecule has 2 aromatic carbocycles. The maximum Gasteiger partial charge on any atom is 0.264 e. The number of carbonyl (C=O) groups excluding carboxylic acids is 1. The van der Waals surface area contributed by atoms with Crippen molar-refractivity contribution in [2.45, 2.75) is 4.90 Å². The van der Waals surface area contributed by atoms with E-state index in [2.05, 4.69) is 4.90 Å². The van der Waals surface area contributed by atoms with Gasteiger partial charge in [-0.1, -0.05) is 30.3 Å². The molecule has 1 aliphatic rings. The summed E-state index contributed by atoms with van der Waals surface area (Å²) in [7, 11) is -2.12. The fourth-order valence-corrected chi connectivity index (χ4v) is 4.39. The Morgan fingerprint density at radius 3 is 2.22 bits per heavy atom. The molecule has 0 aliphatic carbocycles. The highest BCUT2D eigenvalue weighted by Crippen LogP contribution is 2.26. The predicted molar refractivity (Wildman–Crippen MR) is 101 cm³/mol. The van der Waals surface area contributed by atoms with Crippen LogP contribution in [0, 0.1) is 5.82 Å². The minimum atomic E-state index is -4.09. The van der Waals surface area contributed by atoms with Gasteiger partial charge in [-0.2, -0.15) is 0 Å². The number of likely N-dealkylation sites (N-methyl/N-ethyl adjacent to an activating group) is 1. The Kier molecular flexibility index (Phi) is 5.76. The number of nitrogens with zero attached hydrogens (tertiary/aromatic N) is 3. The summed E-state index contributed by atoms with van der Waals surface area (Å²) in [6.45, 7) is 2.04. The highest BCUT2D eigenvalue weighted by atomic mass is 32.2. The third-order valence-corrected chi connectivity index (χ3v) is 6.36. The molecule has 0 N–H and O–H groups in total. The van der Waals surface area contributed by atoms with Gasteiger partial charge in [-0.15, -0.1) is 0 Å². The number of anilines is 1. The van der Waals surface area contributed by atoms with E-state index in [0.717, 1.165) is 17.4 Å². The molecule has 27 heavy (non-hydrogen) atoms. The lowest BCUT2D eigenvalue weighted by Gasteiger charge is -2.34. The number of piperazine rings is 1. The van der Waals surface area contributed by atoms with Crippen LogP contribution >= 0.6 is 0 Å². The third-order valence-electron chi connectivity index (χ3n) is 4.59. The minimum Gasteiger partial charge on any atom is -0.339 e. The lowest BCUT2D eigenvalue weighted by atomic mass is 10.3. The van der Waals surface area contributed by atoms with Gasteiger partial charge in [0.15, 0.2) is 0 Å². The van der Waals surface area contributed by atoms with Crippen molar-refractivity contribution in [3.63, 3.8) is 0 Å². The maximum atomic E-state index is 14.4. The van der Waals surface area contributed by atoms with Gasteiger partial charge in [0.1, 0.15) is 12.4 Å². The Balaban J connectivity index is 1.94. The molecule has 1 heterocycles. The van der Waals surface area contributed by atoms with Gasteiger partial charge < -0.3 is 9.80 Å². The van der Waals surface area contributed by atoms with Gasteiger partial charge in [-0.25, -0.2) is 12.8 Å². The molecule has 1 saturated heterocycles. The quantitative estimate of drug-likeness (QED) is 0.780.